The highest BCUT2D eigenvalue weighted by Crippen LogP contribution is 2.54. The van der Waals surface area contributed by atoms with Crippen molar-refractivity contribution < 1.29 is 5.11 Å². The lowest BCUT2D eigenvalue weighted by Crippen LogP contribution is -2.49. The van der Waals surface area contributed by atoms with E-state index in [1.54, 1.807) is 6.33 Å². The lowest BCUT2D eigenvalue weighted by molar-refractivity contribution is -0.0917. The fourth-order valence-electron chi connectivity index (χ4n) is 3.72. The van der Waals surface area contributed by atoms with E-state index in [0.29, 0.717) is 23.0 Å². The molecule has 21 heavy (non-hydrogen) atoms. The molecule has 1 aliphatic rings. The Morgan fingerprint density at radius 3 is 2.95 bits per heavy atom. The SMILES string of the molecule is C[C@H](O)C1CC(CCn2cnc3c(=O)[nH]cnc32)C1(C)C. The van der Waals surface area contributed by atoms with Gasteiger partial charge in [0.1, 0.15) is 0 Å². The predicted octanol–water partition coefficient (Wildman–Crippen LogP) is 1.55. The average molecular weight is 290 g/mol. The van der Waals surface area contributed by atoms with E-state index < -0.39 is 0 Å². The van der Waals surface area contributed by atoms with Crippen LogP contribution in [0.25, 0.3) is 11.2 Å². The van der Waals surface area contributed by atoms with E-state index >= 15 is 0 Å². The maximum Gasteiger partial charge on any atom is 0.278 e. The van der Waals surface area contributed by atoms with Crippen LogP contribution in [0.4, 0.5) is 0 Å². The number of hydrogen-bond acceptors (Lipinski definition) is 4. The Bertz CT molecular complexity index is 701. The fraction of sp³-hybridized carbons (Fsp3) is 0.667. The van der Waals surface area contributed by atoms with Gasteiger partial charge < -0.3 is 14.7 Å². The van der Waals surface area contributed by atoms with Gasteiger partial charge in [-0.25, -0.2) is 9.97 Å². The molecule has 3 rings (SSSR count). The topological polar surface area (TPSA) is 83.8 Å². The van der Waals surface area contributed by atoms with Crippen molar-refractivity contribution in [1.82, 2.24) is 19.5 Å². The number of nitrogens with one attached hydrogen (secondary N) is 1. The molecule has 0 aliphatic heterocycles. The lowest BCUT2D eigenvalue weighted by atomic mass is 9.52. The summed E-state index contributed by atoms with van der Waals surface area (Å²) in [6.45, 7) is 7.14. The van der Waals surface area contributed by atoms with Gasteiger partial charge in [-0.15, -0.1) is 0 Å². The van der Waals surface area contributed by atoms with Crippen LogP contribution in [0.3, 0.4) is 0 Å². The summed E-state index contributed by atoms with van der Waals surface area (Å²) in [4.78, 5) is 22.5. The van der Waals surface area contributed by atoms with E-state index in [2.05, 4.69) is 28.8 Å². The normalized spacial score (nSPS) is 25.7. The van der Waals surface area contributed by atoms with Crippen LogP contribution < -0.4 is 5.56 Å². The summed E-state index contributed by atoms with van der Waals surface area (Å²) in [5.41, 5.74) is 1.00. The van der Waals surface area contributed by atoms with Crippen LogP contribution in [0.1, 0.15) is 33.6 Å². The number of aromatic nitrogens is 4. The minimum absolute atomic E-state index is 0.162. The van der Waals surface area contributed by atoms with Crippen molar-refractivity contribution >= 4 is 11.2 Å². The number of hydrogen-bond donors (Lipinski definition) is 2. The molecule has 2 aromatic rings. The summed E-state index contributed by atoms with van der Waals surface area (Å²) in [5.74, 6) is 0.958. The molecular formula is C15H22N4O2. The van der Waals surface area contributed by atoms with Gasteiger partial charge in [-0.05, 0) is 37.0 Å². The first-order chi connectivity index (χ1) is 9.91. The molecular weight excluding hydrogens is 268 g/mol. The van der Waals surface area contributed by atoms with Gasteiger partial charge in [-0.3, -0.25) is 4.79 Å². The van der Waals surface area contributed by atoms with Crippen molar-refractivity contribution in [3.8, 4) is 0 Å². The van der Waals surface area contributed by atoms with Crippen LogP contribution >= 0.6 is 0 Å². The Labute approximate surface area is 123 Å². The molecule has 2 N–H and O–H groups in total. The van der Waals surface area contributed by atoms with E-state index in [0.717, 1.165) is 19.4 Å². The molecule has 114 valence electrons. The number of rotatable bonds is 4. The predicted molar refractivity (Wildman–Crippen MR) is 79.8 cm³/mol. The fourth-order valence-corrected chi connectivity index (χ4v) is 3.72. The van der Waals surface area contributed by atoms with Gasteiger partial charge in [0.25, 0.3) is 5.56 Å². The van der Waals surface area contributed by atoms with Crippen molar-refractivity contribution in [2.75, 3.05) is 0 Å². The monoisotopic (exact) mass is 290 g/mol. The molecule has 2 heterocycles. The number of H-pyrrole nitrogens is 1. The second kappa shape index (κ2) is 4.94. The molecule has 6 heteroatoms. The number of aryl methyl sites for hydroxylation is 1. The molecule has 2 aromatic heterocycles. The van der Waals surface area contributed by atoms with Gasteiger partial charge in [-0.2, -0.15) is 0 Å². The first kappa shape index (κ1) is 14.3. The molecule has 1 saturated carbocycles. The number of aromatic amines is 1. The standard InChI is InChI=1S/C15H22N4O2/c1-9(20)11-6-10(15(11,2)3)4-5-19-8-18-12-13(19)16-7-17-14(12)21/h7-11,20H,4-6H2,1-3H3,(H,16,17,21)/t9-,10?,11?/m0/s1. The number of fused-ring (bicyclic) bond motifs is 1. The first-order valence-corrected chi connectivity index (χ1v) is 7.48. The Hall–Kier alpha value is -1.69. The Balaban J connectivity index is 1.71. The van der Waals surface area contributed by atoms with Crippen LogP contribution in [0.2, 0.25) is 0 Å². The number of aliphatic hydroxyl groups is 1. The van der Waals surface area contributed by atoms with Crippen LogP contribution in [0, 0.1) is 17.3 Å². The van der Waals surface area contributed by atoms with Gasteiger partial charge in [0.05, 0.1) is 18.8 Å². The Kier molecular flexibility index (Phi) is 3.36. The maximum atomic E-state index is 11.6. The van der Waals surface area contributed by atoms with Crippen molar-refractivity contribution in [2.45, 2.75) is 46.3 Å². The zero-order valence-electron chi connectivity index (χ0n) is 12.7. The first-order valence-electron chi connectivity index (χ1n) is 7.48. The smallest absolute Gasteiger partial charge is 0.278 e. The number of aliphatic hydroxyl groups excluding tert-OH is 1. The number of imidazole rings is 1. The van der Waals surface area contributed by atoms with Crippen molar-refractivity contribution in [2.24, 2.45) is 17.3 Å². The van der Waals surface area contributed by atoms with E-state index in [9.17, 15) is 9.90 Å². The minimum atomic E-state index is -0.245. The summed E-state index contributed by atoms with van der Waals surface area (Å²) in [5, 5.41) is 9.79. The quantitative estimate of drug-likeness (QED) is 0.895. The van der Waals surface area contributed by atoms with Crippen LogP contribution in [0.15, 0.2) is 17.4 Å². The third kappa shape index (κ3) is 2.27. The Morgan fingerprint density at radius 2 is 2.29 bits per heavy atom. The third-order valence-electron chi connectivity index (χ3n) is 5.25. The van der Waals surface area contributed by atoms with Crippen LogP contribution in [-0.4, -0.2) is 30.7 Å². The highest BCUT2D eigenvalue weighted by molar-refractivity contribution is 5.68. The molecule has 1 fully saturated rings. The van der Waals surface area contributed by atoms with Crippen LogP contribution in [-0.2, 0) is 6.54 Å². The molecule has 0 aromatic carbocycles. The summed E-state index contributed by atoms with van der Waals surface area (Å²) in [6, 6.07) is 0. The van der Waals surface area contributed by atoms with E-state index in [4.69, 9.17) is 0 Å². The molecule has 0 saturated heterocycles. The van der Waals surface area contributed by atoms with Crippen molar-refractivity contribution in [1.29, 1.82) is 0 Å². The van der Waals surface area contributed by atoms with E-state index in [-0.39, 0.29) is 17.1 Å². The van der Waals surface area contributed by atoms with Crippen molar-refractivity contribution in [3.63, 3.8) is 0 Å². The minimum Gasteiger partial charge on any atom is -0.393 e. The van der Waals surface area contributed by atoms with Crippen molar-refractivity contribution in [3.05, 3.63) is 23.0 Å². The average Bonchev–Trinajstić information content (AvgIpc) is 2.82. The molecule has 3 atom stereocenters. The highest BCUT2D eigenvalue weighted by atomic mass is 16.3. The number of nitrogens with zero attached hydrogens (tertiary/aromatic N) is 3. The molecule has 1 aliphatic carbocycles. The lowest BCUT2D eigenvalue weighted by Gasteiger charge is -2.54. The van der Waals surface area contributed by atoms with E-state index in [1.807, 2.05) is 11.5 Å². The second-order valence-electron chi connectivity index (χ2n) is 6.73. The maximum absolute atomic E-state index is 11.6. The molecule has 6 nitrogen and oxygen atoms in total. The van der Waals surface area contributed by atoms with Crippen LogP contribution in [0.5, 0.6) is 0 Å². The van der Waals surface area contributed by atoms with Gasteiger partial charge >= 0.3 is 0 Å². The summed E-state index contributed by atoms with van der Waals surface area (Å²) in [6.07, 6.45) is 4.93. The summed E-state index contributed by atoms with van der Waals surface area (Å²) >= 11 is 0. The summed E-state index contributed by atoms with van der Waals surface area (Å²) < 4.78 is 1.94. The largest absolute Gasteiger partial charge is 0.393 e. The van der Waals surface area contributed by atoms with Gasteiger partial charge in [0.15, 0.2) is 11.2 Å². The highest BCUT2D eigenvalue weighted by Gasteiger charge is 2.49. The van der Waals surface area contributed by atoms with Gasteiger partial charge in [0, 0.05) is 6.54 Å². The van der Waals surface area contributed by atoms with Gasteiger partial charge in [0.2, 0.25) is 0 Å². The van der Waals surface area contributed by atoms with E-state index in [1.165, 1.54) is 6.33 Å². The van der Waals surface area contributed by atoms with Gasteiger partial charge in [-0.1, -0.05) is 13.8 Å². The molecule has 0 amide bonds. The molecule has 0 bridgehead atoms. The zero-order chi connectivity index (χ0) is 15.2. The molecule has 2 unspecified atom stereocenters. The summed E-state index contributed by atoms with van der Waals surface area (Å²) in [7, 11) is 0. The zero-order valence-corrected chi connectivity index (χ0v) is 12.7. The second-order valence-corrected chi connectivity index (χ2v) is 6.73. The molecule has 0 spiro atoms. The third-order valence-corrected chi connectivity index (χ3v) is 5.25. The Morgan fingerprint density at radius 1 is 1.52 bits per heavy atom. The molecule has 0 radical (unpaired) electrons.